The quantitative estimate of drug-likeness (QED) is 0.592. The molecule has 0 radical (unpaired) electrons. The number of ether oxygens (including phenoxy) is 2. The number of nitrogens with one attached hydrogen (secondary N) is 1. The Labute approximate surface area is 114 Å². The Hall–Kier alpha value is -1.46. The minimum atomic E-state index is 0.685. The highest BCUT2D eigenvalue weighted by Crippen LogP contribution is 2.28. The molecule has 1 saturated heterocycles. The second-order valence-electron chi connectivity index (χ2n) is 4.70. The SMILES string of the molecule is COc1cc(N)ccc1OCCCN1CCNCC1. The summed E-state index contributed by atoms with van der Waals surface area (Å²) in [5.74, 6) is 1.46. The predicted molar refractivity (Wildman–Crippen MR) is 76.8 cm³/mol. The molecule has 0 atom stereocenters. The van der Waals surface area contributed by atoms with E-state index >= 15 is 0 Å². The van der Waals surface area contributed by atoms with Crippen LogP contribution in [0.2, 0.25) is 0 Å². The van der Waals surface area contributed by atoms with E-state index < -0.39 is 0 Å². The van der Waals surface area contributed by atoms with Crippen LogP contribution in [0.25, 0.3) is 0 Å². The molecule has 0 amide bonds. The lowest BCUT2D eigenvalue weighted by Crippen LogP contribution is -2.43. The standard InChI is InChI=1S/C14H23N3O2/c1-18-14-11-12(15)3-4-13(14)19-10-2-7-17-8-5-16-6-9-17/h3-4,11,16H,2,5-10,15H2,1H3. The zero-order valence-corrected chi connectivity index (χ0v) is 11.5. The summed E-state index contributed by atoms with van der Waals surface area (Å²) in [5.41, 5.74) is 6.39. The second-order valence-corrected chi connectivity index (χ2v) is 4.70. The average Bonchev–Trinajstić information content (AvgIpc) is 2.46. The van der Waals surface area contributed by atoms with Gasteiger partial charge in [0.2, 0.25) is 0 Å². The summed E-state index contributed by atoms with van der Waals surface area (Å²) in [6.07, 6.45) is 1.02. The van der Waals surface area contributed by atoms with Gasteiger partial charge in [-0.3, -0.25) is 0 Å². The van der Waals surface area contributed by atoms with Gasteiger partial charge in [0.1, 0.15) is 0 Å². The molecule has 0 aromatic heterocycles. The van der Waals surface area contributed by atoms with Crippen LogP contribution in [0, 0.1) is 0 Å². The summed E-state index contributed by atoms with van der Waals surface area (Å²) in [6, 6.07) is 5.47. The van der Waals surface area contributed by atoms with E-state index in [9.17, 15) is 0 Å². The third kappa shape index (κ3) is 4.29. The topological polar surface area (TPSA) is 59.8 Å². The molecule has 1 aromatic rings. The van der Waals surface area contributed by atoms with Crippen molar-refractivity contribution in [1.82, 2.24) is 10.2 Å². The van der Waals surface area contributed by atoms with Crippen LogP contribution in [0.15, 0.2) is 18.2 Å². The molecular formula is C14H23N3O2. The molecule has 0 unspecified atom stereocenters. The molecule has 1 aliphatic rings. The predicted octanol–water partition coefficient (Wildman–Crippen LogP) is 0.951. The van der Waals surface area contributed by atoms with Crippen LogP contribution in [-0.4, -0.2) is 51.3 Å². The number of nitrogens with zero attached hydrogens (tertiary/aromatic N) is 1. The lowest BCUT2D eigenvalue weighted by Gasteiger charge is -2.27. The van der Waals surface area contributed by atoms with Crippen LogP contribution in [-0.2, 0) is 0 Å². The van der Waals surface area contributed by atoms with E-state index in [0.29, 0.717) is 18.0 Å². The van der Waals surface area contributed by atoms with Gasteiger partial charge in [-0.2, -0.15) is 0 Å². The summed E-state index contributed by atoms with van der Waals surface area (Å²) in [4.78, 5) is 2.46. The number of hydrogen-bond donors (Lipinski definition) is 2. The smallest absolute Gasteiger partial charge is 0.162 e. The van der Waals surface area contributed by atoms with Crippen molar-refractivity contribution in [2.45, 2.75) is 6.42 Å². The van der Waals surface area contributed by atoms with Crippen molar-refractivity contribution < 1.29 is 9.47 Å². The first-order valence-electron chi connectivity index (χ1n) is 6.79. The van der Waals surface area contributed by atoms with Crippen molar-refractivity contribution in [3.8, 4) is 11.5 Å². The monoisotopic (exact) mass is 265 g/mol. The minimum absolute atomic E-state index is 0.685. The van der Waals surface area contributed by atoms with Gasteiger partial charge in [-0.1, -0.05) is 0 Å². The fourth-order valence-corrected chi connectivity index (χ4v) is 2.21. The van der Waals surface area contributed by atoms with E-state index in [2.05, 4.69) is 10.2 Å². The van der Waals surface area contributed by atoms with Crippen LogP contribution in [0.3, 0.4) is 0 Å². The van der Waals surface area contributed by atoms with Gasteiger partial charge in [0.25, 0.3) is 0 Å². The Bertz CT molecular complexity index is 392. The molecule has 5 heteroatoms. The lowest BCUT2D eigenvalue weighted by molar-refractivity contribution is 0.211. The number of rotatable bonds is 6. The first kappa shape index (κ1) is 14.0. The first-order valence-corrected chi connectivity index (χ1v) is 6.79. The van der Waals surface area contributed by atoms with Gasteiger partial charge in [0.15, 0.2) is 11.5 Å². The Morgan fingerprint density at radius 3 is 2.79 bits per heavy atom. The van der Waals surface area contributed by atoms with Crippen LogP contribution in [0.4, 0.5) is 5.69 Å². The third-order valence-electron chi connectivity index (χ3n) is 3.27. The second kappa shape index (κ2) is 7.21. The van der Waals surface area contributed by atoms with Crippen molar-refractivity contribution in [3.63, 3.8) is 0 Å². The van der Waals surface area contributed by atoms with Crippen LogP contribution in [0.1, 0.15) is 6.42 Å². The fourth-order valence-electron chi connectivity index (χ4n) is 2.21. The number of anilines is 1. The Balaban J connectivity index is 1.73. The van der Waals surface area contributed by atoms with Crippen molar-refractivity contribution in [1.29, 1.82) is 0 Å². The summed E-state index contributed by atoms with van der Waals surface area (Å²) >= 11 is 0. The third-order valence-corrected chi connectivity index (χ3v) is 3.27. The molecule has 3 N–H and O–H groups in total. The maximum absolute atomic E-state index is 5.75. The van der Waals surface area contributed by atoms with Crippen LogP contribution < -0.4 is 20.5 Å². The molecule has 0 saturated carbocycles. The van der Waals surface area contributed by atoms with E-state index in [-0.39, 0.29) is 0 Å². The van der Waals surface area contributed by atoms with Crippen molar-refractivity contribution in [3.05, 3.63) is 18.2 Å². The normalized spacial score (nSPS) is 16.3. The first-order chi connectivity index (χ1) is 9.29. The average molecular weight is 265 g/mol. The van der Waals surface area contributed by atoms with Gasteiger partial charge in [0.05, 0.1) is 13.7 Å². The number of piperazine rings is 1. The number of benzene rings is 1. The number of nitrogens with two attached hydrogens (primary N) is 1. The molecule has 1 aliphatic heterocycles. The molecule has 5 nitrogen and oxygen atoms in total. The van der Waals surface area contributed by atoms with Crippen LogP contribution >= 0.6 is 0 Å². The number of hydrogen-bond acceptors (Lipinski definition) is 5. The van der Waals surface area contributed by atoms with E-state index in [1.165, 1.54) is 0 Å². The van der Waals surface area contributed by atoms with E-state index in [1.807, 2.05) is 12.1 Å². The molecule has 0 aliphatic carbocycles. The van der Waals surface area contributed by atoms with E-state index in [0.717, 1.165) is 44.9 Å². The molecule has 0 spiro atoms. The fraction of sp³-hybridized carbons (Fsp3) is 0.571. The Kier molecular flexibility index (Phi) is 5.30. The summed E-state index contributed by atoms with van der Waals surface area (Å²) < 4.78 is 11.0. The van der Waals surface area contributed by atoms with Crippen molar-refractivity contribution >= 4 is 5.69 Å². The van der Waals surface area contributed by atoms with Gasteiger partial charge < -0.3 is 25.4 Å². The molecule has 1 aromatic carbocycles. The van der Waals surface area contributed by atoms with Crippen LogP contribution in [0.5, 0.6) is 11.5 Å². The lowest BCUT2D eigenvalue weighted by atomic mass is 10.3. The highest BCUT2D eigenvalue weighted by molar-refractivity contribution is 5.51. The van der Waals surface area contributed by atoms with Gasteiger partial charge in [-0.15, -0.1) is 0 Å². The Morgan fingerprint density at radius 2 is 2.05 bits per heavy atom. The molecule has 19 heavy (non-hydrogen) atoms. The highest BCUT2D eigenvalue weighted by Gasteiger charge is 2.09. The zero-order chi connectivity index (χ0) is 13.5. The molecule has 2 rings (SSSR count). The molecular weight excluding hydrogens is 242 g/mol. The maximum Gasteiger partial charge on any atom is 0.162 e. The summed E-state index contributed by atoms with van der Waals surface area (Å²) in [6.45, 7) is 6.22. The van der Waals surface area contributed by atoms with E-state index in [4.69, 9.17) is 15.2 Å². The summed E-state index contributed by atoms with van der Waals surface area (Å²) in [5, 5.41) is 3.35. The van der Waals surface area contributed by atoms with E-state index in [1.54, 1.807) is 13.2 Å². The number of methoxy groups -OCH3 is 1. The van der Waals surface area contributed by atoms with Gasteiger partial charge in [0, 0.05) is 44.5 Å². The highest BCUT2D eigenvalue weighted by atomic mass is 16.5. The Morgan fingerprint density at radius 1 is 1.26 bits per heavy atom. The summed E-state index contributed by atoms with van der Waals surface area (Å²) in [7, 11) is 1.63. The van der Waals surface area contributed by atoms with Gasteiger partial charge >= 0.3 is 0 Å². The van der Waals surface area contributed by atoms with Gasteiger partial charge in [-0.25, -0.2) is 0 Å². The van der Waals surface area contributed by atoms with Crippen molar-refractivity contribution in [2.24, 2.45) is 0 Å². The molecule has 106 valence electrons. The maximum atomic E-state index is 5.75. The zero-order valence-electron chi connectivity index (χ0n) is 11.5. The molecule has 1 fully saturated rings. The molecule has 0 bridgehead atoms. The van der Waals surface area contributed by atoms with Gasteiger partial charge in [-0.05, 0) is 18.6 Å². The molecule has 1 heterocycles. The number of nitrogen functional groups attached to an aromatic ring is 1. The van der Waals surface area contributed by atoms with Crippen molar-refractivity contribution in [2.75, 3.05) is 52.2 Å². The largest absolute Gasteiger partial charge is 0.493 e. The minimum Gasteiger partial charge on any atom is -0.493 e.